The first-order chi connectivity index (χ1) is 9.33. The molecule has 4 heteroatoms. The van der Waals surface area contributed by atoms with E-state index < -0.39 is 5.97 Å². The first-order valence-corrected chi connectivity index (χ1v) is 7.06. The smallest absolute Gasteiger partial charge is 0.336 e. The van der Waals surface area contributed by atoms with Crippen LogP contribution in [-0.4, -0.2) is 16.1 Å². The van der Waals surface area contributed by atoms with E-state index in [1.165, 1.54) is 0 Å². The molecule has 1 atom stereocenters. The lowest BCUT2D eigenvalue weighted by molar-refractivity contribution is 0.0696. The van der Waals surface area contributed by atoms with Crippen molar-refractivity contribution < 1.29 is 9.90 Å². The third kappa shape index (κ3) is 1.73. The van der Waals surface area contributed by atoms with E-state index in [-0.39, 0.29) is 11.3 Å². The van der Waals surface area contributed by atoms with Crippen molar-refractivity contribution in [1.82, 2.24) is 4.98 Å². The Morgan fingerprint density at radius 2 is 2.15 bits per heavy atom. The minimum atomic E-state index is -0.905. The average Bonchev–Trinajstić information content (AvgIpc) is 2.58. The van der Waals surface area contributed by atoms with Crippen molar-refractivity contribution in [1.29, 1.82) is 0 Å². The number of para-hydroxylation sites is 1. The van der Waals surface area contributed by atoms with E-state index in [0.29, 0.717) is 21.5 Å². The lowest BCUT2D eigenvalue weighted by atomic mass is 9.83. The molecule has 104 valence electrons. The highest BCUT2D eigenvalue weighted by atomic mass is 35.5. The Labute approximate surface area is 122 Å². The van der Waals surface area contributed by atoms with Gasteiger partial charge in [0.15, 0.2) is 0 Å². The van der Waals surface area contributed by atoms with Crippen molar-refractivity contribution in [3.63, 3.8) is 0 Å². The predicted molar refractivity (Wildman–Crippen MR) is 79.8 cm³/mol. The summed E-state index contributed by atoms with van der Waals surface area (Å²) in [6.07, 6.45) is 0.906. The van der Waals surface area contributed by atoms with Crippen molar-refractivity contribution >= 4 is 28.5 Å². The molecule has 20 heavy (non-hydrogen) atoms. The average molecular weight is 290 g/mol. The third-order valence-corrected chi connectivity index (χ3v) is 4.47. The third-order valence-electron chi connectivity index (χ3n) is 4.17. The topological polar surface area (TPSA) is 50.2 Å². The van der Waals surface area contributed by atoms with Gasteiger partial charge in [0.1, 0.15) is 0 Å². The van der Waals surface area contributed by atoms with E-state index >= 15 is 0 Å². The zero-order valence-electron chi connectivity index (χ0n) is 11.7. The summed E-state index contributed by atoms with van der Waals surface area (Å²) < 4.78 is 0. The monoisotopic (exact) mass is 289 g/mol. The number of nitrogens with zero attached hydrogens (tertiary/aromatic N) is 1. The van der Waals surface area contributed by atoms with Gasteiger partial charge in [0, 0.05) is 11.1 Å². The van der Waals surface area contributed by atoms with Crippen molar-refractivity contribution in [2.45, 2.75) is 38.5 Å². The number of pyridine rings is 1. The maximum absolute atomic E-state index is 11.8. The number of rotatable bonds is 1. The van der Waals surface area contributed by atoms with E-state index in [0.717, 1.165) is 17.7 Å². The largest absolute Gasteiger partial charge is 0.478 e. The highest BCUT2D eigenvalue weighted by Crippen LogP contribution is 2.48. The summed E-state index contributed by atoms with van der Waals surface area (Å²) in [6, 6.07) is 5.31. The molecule has 3 rings (SSSR count). The van der Waals surface area contributed by atoms with E-state index in [1.54, 1.807) is 18.2 Å². The number of halogens is 1. The van der Waals surface area contributed by atoms with Crippen LogP contribution in [0.2, 0.25) is 5.02 Å². The minimum Gasteiger partial charge on any atom is -0.478 e. The standard InChI is InChI=1S/C16H16ClNO2/c1-8-7-16(2,3)12-11(15(19)20)9-5-4-6-10(17)14(9)18-13(8)12/h4-6,8H,7H2,1-3H3,(H,19,20). The van der Waals surface area contributed by atoms with Crippen LogP contribution >= 0.6 is 11.6 Å². The highest BCUT2D eigenvalue weighted by Gasteiger charge is 2.40. The molecule has 1 aromatic carbocycles. The van der Waals surface area contributed by atoms with Gasteiger partial charge >= 0.3 is 5.97 Å². The van der Waals surface area contributed by atoms with Gasteiger partial charge in [-0.3, -0.25) is 4.98 Å². The van der Waals surface area contributed by atoms with Crippen molar-refractivity contribution in [2.24, 2.45) is 0 Å². The minimum absolute atomic E-state index is 0.175. The molecule has 1 aliphatic carbocycles. The van der Waals surface area contributed by atoms with Gasteiger partial charge in [-0.2, -0.15) is 0 Å². The Kier molecular flexibility index (Phi) is 2.80. The maximum atomic E-state index is 11.8. The van der Waals surface area contributed by atoms with E-state index in [4.69, 9.17) is 11.6 Å². The van der Waals surface area contributed by atoms with Gasteiger partial charge < -0.3 is 5.11 Å². The van der Waals surface area contributed by atoms with Gasteiger partial charge in [-0.05, 0) is 29.4 Å². The van der Waals surface area contributed by atoms with Gasteiger partial charge in [-0.1, -0.05) is 44.5 Å². The Morgan fingerprint density at radius 3 is 2.80 bits per heavy atom. The summed E-state index contributed by atoms with van der Waals surface area (Å²) in [5.74, 6) is -0.656. The lowest BCUT2D eigenvalue weighted by Crippen LogP contribution is -2.18. The van der Waals surface area contributed by atoms with Crippen molar-refractivity contribution in [3.05, 3.63) is 40.0 Å². The zero-order valence-corrected chi connectivity index (χ0v) is 12.5. The molecule has 1 heterocycles. The van der Waals surface area contributed by atoms with Gasteiger partial charge in [0.05, 0.1) is 16.1 Å². The van der Waals surface area contributed by atoms with Gasteiger partial charge in [0.2, 0.25) is 0 Å². The Balaban J connectivity index is 2.53. The summed E-state index contributed by atoms with van der Waals surface area (Å²) in [7, 11) is 0. The summed E-state index contributed by atoms with van der Waals surface area (Å²) in [5.41, 5.74) is 2.53. The predicted octanol–water partition coefficient (Wildman–Crippen LogP) is 4.37. The SMILES string of the molecule is CC1CC(C)(C)c2c1nc1c(Cl)cccc1c2C(=O)O. The Hall–Kier alpha value is -1.61. The Morgan fingerprint density at radius 1 is 1.45 bits per heavy atom. The molecule has 0 spiro atoms. The van der Waals surface area contributed by atoms with Crippen LogP contribution in [0.5, 0.6) is 0 Å². The quantitative estimate of drug-likeness (QED) is 0.848. The van der Waals surface area contributed by atoms with Gasteiger partial charge in [-0.25, -0.2) is 4.79 Å². The van der Waals surface area contributed by atoms with Gasteiger partial charge in [-0.15, -0.1) is 0 Å². The summed E-state index contributed by atoms with van der Waals surface area (Å²) in [4.78, 5) is 16.5. The molecule has 1 unspecified atom stereocenters. The zero-order chi connectivity index (χ0) is 14.7. The molecule has 0 saturated heterocycles. The second-order valence-electron chi connectivity index (χ2n) is 6.18. The first-order valence-electron chi connectivity index (χ1n) is 6.69. The fraction of sp³-hybridized carbons (Fsp3) is 0.375. The fourth-order valence-electron chi connectivity index (χ4n) is 3.50. The number of carbonyl (C=O) groups is 1. The molecular formula is C16H16ClNO2. The fourth-order valence-corrected chi connectivity index (χ4v) is 3.71. The van der Waals surface area contributed by atoms with Crippen LogP contribution in [0, 0.1) is 0 Å². The second-order valence-corrected chi connectivity index (χ2v) is 6.58. The molecule has 0 saturated carbocycles. The summed E-state index contributed by atoms with van der Waals surface area (Å²) >= 11 is 6.20. The number of carboxylic acids is 1. The molecule has 2 aromatic rings. The van der Waals surface area contributed by atoms with Crippen molar-refractivity contribution in [3.8, 4) is 0 Å². The number of aromatic carboxylic acids is 1. The van der Waals surface area contributed by atoms with E-state index in [9.17, 15) is 9.90 Å². The number of hydrogen-bond acceptors (Lipinski definition) is 2. The molecular weight excluding hydrogens is 274 g/mol. The van der Waals surface area contributed by atoms with Crippen LogP contribution in [0.4, 0.5) is 0 Å². The number of carboxylic acid groups (broad SMARTS) is 1. The maximum Gasteiger partial charge on any atom is 0.336 e. The number of benzene rings is 1. The van der Waals surface area contributed by atoms with Crippen LogP contribution in [0.3, 0.4) is 0 Å². The molecule has 1 aliphatic rings. The second kappa shape index (κ2) is 4.19. The van der Waals surface area contributed by atoms with E-state index in [1.807, 2.05) is 0 Å². The number of aromatic nitrogens is 1. The number of hydrogen-bond donors (Lipinski definition) is 1. The van der Waals surface area contributed by atoms with Crippen molar-refractivity contribution in [2.75, 3.05) is 0 Å². The summed E-state index contributed by atoms with van der Waals surface area (Å²) in [5, 5.41) is 10.8. The highest BCUT2D eigenvalue weighted by molar-refractivity contribution is 6.35. The molecule has 0 amide bonds. The van der Waals surface area contributed by atoms with E-state index in [2.05, 4.69) is 25.8 Å². The van der Waals surface area contributed by atoms with Gasteiger partial charge in [0.25, 0.3) is 0 Å². The van der Waals surface area contributed by atoms with Crippen LogP contribution in [0.25, 0.3) is 10.9 Å². The molecule has 0 bridgehead atoms. The summed E-state index contributed by atoms with van der Waals surface area (Å²) in [6.45, 7) is 6.26. The number of fused-ring (bicyclic) bond motifs is 2. The van der Waals surface area contributed by atoms with Crippen LogP contribution < -0.4 is 0 Å². The molecule has 0 aliphatic heterocycles. The molecule has 0 fully saturated rings. The molecule has 0 radical (unpaired) electrons. The molecule has 1 aromatic heterocycles. The van der Waals surface area contributed by atoms with Crippen LogP contribution in [0.15, 0.2) is 18.2 Å². The molecule has 3 nitrogen and oxygen atoms in total. The first kappa shape index (κ1) is 13.4. The lowest BCUT2D eigenvalue weighted by Gasteiger charge is -2.21. The Bertz CT molecular complexity index is 737. The molecule has 1 N–H and O–H groups in total. The van der Waals surface area contributed by atoms with Crippen LogP contribution in [-0.2, 0) is 5.41 Å². The normalized spacial score (nSPS) is 20.1. The van der Waals surface area contributed by atoms with Crippen LogP contribution in [0.1, 0.15) is 54.7 Å².